The summed E-state index contributed by atoms with van der Waals surface area (Å²) in [5.74, 6) is -0.806. The second-order valence-corrected chi connectivity index (χ2v) is 6.08. The summed E-state index contributed by atoms with van der Waals surface area (Å²) in [5, 5.41) is 3.30. The quantitative estimate of drug-likeness (QED) is 0.678. The third-order valence-electron chi connectivity index (χ3n) is 4.73. The summed E-state index contributed by atoms with van der Waals surface area (Å²) in [6, 6.07) is 3.98. The fourth-order valence-electron chi connectivity index (χ4n) is 3.60. The third kappa shape index (κ3) is 1.89. The maximum atomic E-state index is 12.1. The fourth-order valence-corrected chi connectivity index (χ4v) is 3.60. The summed E-state index contributed by atoms with van der Waals surface area (Å²) in [7, 11) is 0. The molecule has 2 atom stereocenters. The number of hydrogen-bond acceptors (Lipinski definition) is 4. The number of carbonyl (C=O) groups excluding carboxylic acids is 3. The molecule has 1 aliphatic carbocycles. The van der Waals surface area contributed by atoms with Gasteiger partial charge in [0.25, 0.3) is 0 Å². The summed E-state index contributed by atoms with van der Waals surface area (Å²) in [6.45, 7) is 0. The van der Waals surface area contributed by atoms with E-state index in [-0.39, 0.29) is 23.7 Å². The number of aldehydes is 1. The maximum Gasteiger partial charge on any atom is 0.234 e. The van der Waals surface area contributed by atoms with E-state index in [1.807, 2.05) is 12.1 Å². The lowest BCUT2D eigenvalue weighted by atomic mass is 9.89. The maximum absolute atomic E-state index is 12.1. The van der Waals surface area contributed by atoms with E-state index in [0.717, 1.165) is 40.4 Å². The van der Waals surface area contributed by atoms with Gasteiger partial charge in [-0.2, -0.15) is 0 Å². The Balaban J connectivity index is 1.77. The second kappa shape index (κ2) is 4.80. The summed E-state index contributed by atoms with van der Waals surface area (Å²) in [6.07, 6.45) is 4.92. The molecule has 1 unspecified atom stereocenters. The van der Waals surface area contributed by atoms with E-state index >= 15 is 0 Å². The first kappa shape index (κ1) is 13.2. The molecular formula is C17H15NO4. The Labute approximate surface area is 126 Å². The Morgan fingerprint density at radius 2 is 2.09 bits per heavy atom. The predicted molar refractivity (Wildman–Crippen MR) is 78.3 cm³/mol. The zero-order valence-corrected chi connectivity index (χ0v) is 11.9. The van der Waals surface area contributed by atoms with Gasteiger partial charge in [0.2, 0.25) is 11.8 Å². The number of furan rings is 1. The van der Waals surface area contributed by atoms with Gasteiger partial charge in [0.05, 0.1) is 12.2 Å². The molecular weight excluding hydrogens is 282 g/mol. The van der Waals surface area contributed by atoms with Crippen LogP contribution in [0.15, 0.2) is 22.8 Å². The van der Waals surface area contributed by atoms with Crippen molar-refractivity contribution in [3.05, 3.63) is 35.1 Å². The Morgan fingerprint density at radius 1 is 1.23 bits per heavy atom. The molecule has 2 heterocycles. The van der Waals surface area contributed by atoms with Gasteiger partial charge < -0.3 is 9.21 Å². The van der Waals surface area contributed by atoms with Crippen LogP contribution in [-0.4, -0.2) is 18.1 Å². The van der Waals surface area contributed by atoms with Crippen LogP contribution < -0.4 is 5.32 Å². The molecule has 1 aromatic heterocycles. The first-order valence-electron chi connectivity index (χ1n) is 7.48. The van der Waals surface area contributed by atoms with Crippen LogP contribution in [0, 0.1) is 5.92 Å². The number of hydrogen-bond donors (Lipinski definition) is 1. The summed E-state index contributed by atoms with van der Waals surface area (Å²) < 4.78 is 5.73. The lowest BCUT2D eigenvalue weighted by Gasteiger charge is -2.19. The molecule has 0 spiro atoms. The van der Waals surface area contributed by atoms with Crippen LogP contribution in [0.1, 0.15) is 35.4 Å². The zero-order chi connectivity index (χ0) is 15.3. The van der Waals surface area contributed by atoms with Crippen molar-refractivity contribution in [1.82, 2.24) is 5.32 Å². The Bertz CT molecular complexity index is 804. The minimum Gasteiger partial charge on any atom is -0.464 e. The van der Waals surface area contributed by atoms with Crippen LogP contribution in [0.3, 0.4) is 0 Å². The van der Waals surface area contributed by atoms with Crippen molar-refractivity contribution in [1.29, 1.82) is 0 Å². The number of amides is 2. The molecule has 1 fully saturated rings. The third-order valence-corrected chi connectivity index (χ3v) is 4.73. The van der Waals surface area contributed by atoms with E-state index < -0.39 is 0 Å². The van der Waals surface area contributed by atoms with Gasteiger partial charge in [0, 0.05) is 23.3 Å². The largest absolute Gasteiger partial charge is 0.464 e. The fraction of sp³-hybridized carbons (Fsp3) is 0.353. The van der Waals surface area contributed by atoms with Gasteiger partial charge in [-0.25, -0.2) is 0 Å². The molecule has 4 rings (SSSR count). The monoisotopic (exact) mass is 297 g/mol. The second-order valence-electron chi connectivity index (χ2n) is 6.08. The number of imide groups is 1. The number of piperidine rings is 1. The van der Waals surface area contributed by atoms with Gasteiger partial charge in [-0.15, -0.1) is 0 Å². The highest BCUT2D eigenvalue weighted by Crippen LogP contribution is 2.38. The first-order chi connectivity index (χ1) is 10.7. The van der Waals surface area contributed by atoms with E-state index in [0.29, 0.717) is 19.3 Å². The van der Waals surface area contributed by atoms with Crippen molar-refractivity contribution in [2.75, 3.05) is 0 Å². The molecule has 1 N–H and O–H groups in total. The Morgan fingerprint density at radius 3 is 2.86 bits per heavy atom. The standard InChI is InChI=1S/C17H15NO4/c19-7-9-5-10-1-2-11-14(8-22-16(11)13(10)6-9)12-3-4-15(20)18-17(12)21/h1-2,7-9,12H,3-6H2,(H,18,20,21)/t9-,12?/m0/s1. The number of nitrogens with one attached hydrogen (secondary N) is 1. The van der Waals surface area contributed by atoms with Gasteiger partial charge in [-0.3, -0.25) is 14.9 Å². The number of fused-ring (bicyclic) bond motifs is 3. The Hall–Kier alpha value is -2.43. The normalized spacial score (nSPS) is 24.4. The summed E-state index contributed by atoms with van der Waals surface area (Å²) in [5.41, 5.74) is 3.83. The van der Waals surface area contributed by atoms with Crippen LogP contribution in [0.5, 0.6) is 0 Å². The van der Waals surface area contributed by atoms with Crippen molar-refractivity contribution >= 4 is 29.1 Å². The van der Waals surface area contributed by atoms with E-state index in [2.05, 4.69) is 5.32 Å². The highest BCUT2D eigenvalue weighted by molar-refractivity contribution is 6.03. The zero-order valence-electron chi connectivity index (χ0n) is 11.9. The molecule has 2 amide bonds. The van der Waals surface area contributed by atoms with Crippen LogP contribution in [-0.2, 0) is 27.2 Å². The molecule has 5 heteroatoms. The molecule has 112 valence electrons. The van der Waals surface area contributed by atoms with E-state index in [9.17, 15) is 14.4 Å². The van der Waals surface area contributed by atoms with Crippen LogP contribution >= 0.6 is 0 Å². The van der Waals surface area contributed by atoms with Crippen molar-refractivity contribution in [3.63, 3.8) is 0 Å². The lowest BCUT2D eigenvalue weighted by Crippen LogP contribution is -2.39. The first-order valence-corrected chi connectivity index (χ1v) is 7.48. The van der Waals surface area contributed by atoms with Crippen LogP contribution in [0.2, 0.25) is 0 Å². The van der Waals surface area contributed by atoms with Crippen LogP contribution in [0.25, 0.3) is 11.0 Å². The van der Waals surface area contributed by atoms with Crippen molar-refractivity contribution in [2.24, 2.45) is 5.92 Å². The van der Waals surface area contributed by atoms with Crippen molar-refractivity contribution < 1.29 is 18.8 Å². The topological polar surface area (TPSA) is 76.4 Å². The average molecular weight is 297 g/mol. The summed E-state index contributed by atoms with van der Waals surface area (Å²) in [4.78, 5) is 34.4. The SMILES string of the molecule is O=C[C@H]1Cc2ccc3c(C4CCC(=O)NC4=O)coc3c2C1. The highest BCUT2D eigenvalue weighted by atomic mass is 16.3. The molecule has 0 radical (unpaired) electrons. The number of benzene rings is 1. The minimum atomic E-state index is -0.347. The molecule has 5 nitrogen and oxygen atoms in total. The molecule has 1 aliphatic heterocycles. The van der Waals surface area contributed by atoms with Crippen molar-refractivity contribution in [3.8, 4) is 0 Å². The van der Waals surface area contributed by atoms with Crippen LogP contribution in [0.4, 0.5) is 0 Å². The summed E-state index contributed by atoms with van der Waals surface area (Å²) >= 11 is 0. The number of rotatable bonds is 2. The molecule has 1 aromatic carbocycles. The molecule has 22 heavy (non-hydrogen) atoms. The molecule has 1 saturated heterocycles. The van der Waals surface area contributed by atoms with E-state index in [4.69, 9.17) is 4.42 Å². The smallest absolute Gasteiger partial charge is 0.234 e. The lowest BCUT2D eigenvalue weighted by molar-refractivity contribution is -0.134. The predicted octanol–water partition coefficient (Wildman–Crippen LogP) is 1.87. The molecule has 2 aromatic rings. The van der Waals surface area contributed by atoms with Gasteiger partial charge in [-0.1, -0.05) is 12.1 Å². The van der Waals surface area contributed by atoms with Crippen molar-refractivity contribution in [2.45, 2.75) is 31.6 Å². The van der Waals surface area contributed by atoms with Gasteiger partial charge in [-0.05, 0) is 30.4 Å². The van der Waals surface area contributed by atoms with Gasteiger partial charge in [0.1, 0.15) is 11.9 Å². The Kier molecular flexibility index (Phi) is 2.89. The molecule has 2 aliphatic rings. The van der Waals surface area contributed by atoms with E-state index in [1.54, 1.807) is 6.26 Å². The number of carbonyl (C=O) groups is 3. The molecule has 0 saturated carbocycles. The minimum absolute atomic E-state index is 0.0183. The van der Waals surface area contributed by atoms with Gasteiger partial charge >= 0.3 is 0 Å². The molecule has 0 bridgehead atoms. The van der Waals surface area contributed by atoms with Gasteiger partial charge in [0.15, 0.2) is 0 Å². The van der Waals surface area contributed by atoms with E-state index in [1.165, 1.54) is 0 Å². The highest BCUT2D eigenvalue weighted by Gasteiger charge is 2.32. The average Bonchev–Trinajstić information content (AvgIpc) is 3.09.